The third-order valence-electron chi connectivity index (χ3n) is 3.27. The number of nitrogens with one attached hydrogen (secondary N) is 1. The van der Waals surface area contributed by atoms with Crippen molar-refractivity contribution in [2.45, 2.75) is 13.3 Å². The van der Waals surface area contributed by atoms with Gasteiger partial charge < -0.3 is 10.1 Å². The Balaban J connectivity index is 2.03. The van der Waals surface area contributed by atoms with Gasteiger partial charge >= 0.3 is 0 Å². The van der Waals surface area contributed by atoms with E-state index in [1.165, 1.54) is 5.56 Å². The van der Waals surface area contributed by atoms with Crippen LogP contribution in [0.15, 0.2) is 54.7 Å². The molecule has 0 atom stereocenters. The molecule has 23 heavy (non-hydrogen) atoms. The SMILES string of the molecule is Cc1ccc(NC=C(C#N)c2ccc(OCCCF)cc2)cc1. The van der Waals surface area contributed by atoms with Crippen molar-refractivity contribution in [3.05, 3.63) is 65.9 Å². The number of anilines is 1. The molecule has 0 heterocycles. The Morgan fingerprint density at radius 3 is 2.48 bits per heavy atom. The minimum absolute atomic E-state index is 0.353. The number of allylic oxidation sites excluding steroid dienone is 1. The van der Waals surface area contributed by atoms with Gasteiger partial charge in [-0.05, 0) is 48.9 Å². The molecule has 0 aliphatic carbocycles. The van der Waals surface area contributed by atoms with Crippen LogP contribution in [0.3, 0.4) is 0 Å². The second-order valence-corrected chi connectivity index (χ2v) is 5.10. The number of nitriles is 1. The smallest absolute Gasteiger partial charge is 0.119 e. The molecule has 0 aliphatic heterocycles. The number of ether oxygens (including phenoxy) is 1. The number of benzene rings is 2. The van der Waals surface area contributed by atoms with Gasteiger partial charge in [0.05, 0.1) is 18.9 Å². The predicted octanol–water partition coefficient (Wildman–Crippen LogP) is 4.71. The molecule has 0 fully saturated rings. The lowest BCUT2D eigenvalue weighted by Gasteiger charge is -2.06. The number of nitrogens with zero attached hydrogens (tertiary/aromatic N) is 1. The van der Waals surface area contributed by atoms with E-state index in [-0.39, 0.29) is 6.67 Å². The average molecular weight is 310 g/mol. The summed E-state index contributed by atoms with van der Waals surface area (Å²) >= 11 is 0. The highest BCUT2D eigenvalue weighted by molar-refractivity contribution is 5.78. The predicted molar refractivity (Wildman–Crippen MR) is 90.9 cm³/mol. The quantitative estimate of drug-likeness (QED) is 0.595. The largest absolute Gasteiger partial charge is 0.493 e. The summed E-state index contributed by atoms with van der Waals surface area (Å²) in [6.45, 7) is 1.99. The molecule has 2 aromatic rings. The Morgan fingerprint density at radius 1 is 1.17 bits per heavy atom. The Morgan fingerprint density at radius 2 is 1.87 bits per heavy atom. The van der Waals surface area contributed by atoms with Gasteiger partial charge in [-0.3, -0.25) is 4.39 Å². The minimum Gasteiger partial charge on any atom is -0.493 e. The van der Waals surface area contributed by atoms with Crippen molar-refractivity contribution in [2.75, 3.05) is 18.6 Å². The zero-order valence-electron chi connectivity index (χ0n) is 13.1. The molecule has 2 rings (SSSR count). The van der Waals surface area contributed by atoms with Crippen molar-refractivity contribution < 1.29 is 9.13 Å². The van der Waals surface area contributed by atoms with Gasteiger partial charge in [-0.25, -0.2) is 0 Å². The first-order valence-electron chi connectivity index (χ1n) is 7.45. The maximum Gasteiger partial charge on any atom is 0.119 e. The number of aryl methyl sites for hydroxylation is 1. The summed E-state index contributed by atoms with van der Waals surface area (Å²) in [7, 11) is 0. The van der Waals surface area contributed by atoms with Gasteiger partial charge in [0.15, 0.2) is 0 Å². The topological polar surface area (TPSA) is 45.0 Å². The van der Waals surface area contributed by atoms with Gasteiger partial charge in [-0.15, -0.1) is 0 Å². The van der Waals surface area contributed by atoms with Crippen LogP contribution >= 0.6 is 0 Å². The Kier molecular flexibility index (Phi) is 6.19. The molecule has 3 nitrogen and oxygen atoms in total. The highest BCUT2D eigenvalue weighted by Gasteiger charge is 2.02. The van der Waals surface area contributed by atoms with E-state index in [9.17, 15) is 9.65 Å². The van der Waals surface area contributed by atoms with Gasteiger partial charge in [-0.1, -0.05) is 17.7 Å². The molecule has 0 amide bonds. The van der Waals surface area contributed by atoms with Gasteiger partial charge in [0.2, 0.25) is 0 Å². The molecule has 4 heteroatoms. The fourth-order valence-corrected chi connectivity index (χ4v) is 1.96. The summed E-state index contributed by atoms with van der Waals surface area (Å²) < 4.78 is 17.4. The number of rotatable bonds is 7. The third-order valence-corrected chi connectivity index (χ3v) is 3.27. The third kappa shape index (κ3) is 5.15. The van der Waals surface area contributed by atoms with Crippen LogP contribution < -0.4 is 10.1 Å². The number of alkyl halides is 1. The Hall–Kier alpha value is -2.80. The van der Waals surface area contributed by atoms with E-state index in [4.69, 9.17) is 4.74 Å². The van der Waals surface area contributed by atoms with E-state index in [1.54, 1.807) is 18.3 Å². The second-order valence-electron chi connectivity index (χ2n) is 5.10. The van der Waals surface area contributed by atoms with Crippen molar-refractivity contribution in [3.8, 4) is 11.8 Å². The fraction of sp³-hybridized carbons (Fsp3) is 0.211. The lowest BCUT2D eigenvalue weighted by molar-refractivity contribution is 0.289. The molecular formula is C19H19FN2O. The summed E-state index contributed by atoms with van der Waals surface area (Å²) in [5.74, 6) is 0.672. The minimum atomic E-state index is -0.385. The summed E-state index contributed by atoms with van der Waals surface area (Å²) in [5.41, 5.74) is 3.43. The summed E-state index contributed by atoms with van der Waals surface area (Å²) in [4.78, 5) is 0. The van der Waals surface area contributed by atoms with Crippen LogP contribution in [-0.2, 0) is 0 Å². The second kappa shape index (κ2) is 8.60. The molecule has 0 saturated heterocycles. The lowest BCUT2D eigenvalue weighted by atomic mass is 10.1. The summed E-state index contributed by atoms with van der Waals surface area (Å²) in [6, 6.07) is 17.3. The van der Waals surface area contributed by atoms with Crippen LogP contribution in [0.25, 0.3) is 5.57 Å². The van der Waals surface area contributed by atoms with Crippen LogP contribution in [0.1, 0.15) is 17.5 Å². The van der Waals surface area contributed by atoms with Crippen molar-refractivity contribution in [1.82, 2.24) is 0 Å². The van der Waals surface area contributed by atoms with Gasteiger partial charge in [0.1, 0.15) is 11.8 Å². The summed E-state index contributed by atoms with van der Waals surface area (Å²) in [5, 5.41) is 12.4. The Bertz CT molecular complexity index is 685. The van der Waals surface area contributed by atoms with Crippen molar-refractivity contribution in [3.63, 3.8) is 0 Å². The monoisotopic (exact) mass is 310 g/mol. The highest BCUT2D eigenvalue weighted by Crippen LogP contribution is 2.19. The van der Waals surface area contributed by atoms with E-state index in [1.807, 2.05) is 43.3 Å². The Labute approximate surface area is 136 Å². The molecule has 0 unspecified atom stereocenters. The summed E-state index contributed by atoms with van der Waals surface area (Å²) in [6.07, 6.45) is 2.06. The number of halogens is 1. The van der Waals surface area contributed by atoms with E-state index >= 15 is 0 Å². The standard InChI is InChI=1S/C19H19FN2O/c1-15-3-7-18(8-4-15)22-14-17(13-21)16-5-9-19(10-6-16)23-12-2-11-20/h3-10,14,22H,2,11-12H2,1H3. The molecule has 0 bridgehead atoms. The normalized spacial score (nSPS) is 10.9. The zero-order chi connectivity index (χ0) is 16.5. The van der Waals surface area contributed by atoms with Crippen LogP contribution in [0, 0.1) is 18.3 Å². The van der Waals surface area contributed by atoms with Gasteiger partial charge in [0.25, 0.3) is 0 Å². The first-order valence-corrected chi connectivity index (χ1v) is 7.45. The maximum absolute atomic E-state index is 12.0. The number of hydrogen-bond acceptors (Lipinski definition) is 3. The van der Waals surface area contributed by atoms with E-state index in [0.717, 1.165) is 11.3 Å². The molecule has 2 aromatic carbocycles. The average Bonchev–Trinajstić information content (AvgIpc) is 2.58. The van der Waals surface area contributed by atoms with E-state index < -0.39 is 0 Å². The molecule has 0 spiro atoms. The molecule has 0 radical (unpaired) electrons. The molecular weight excluding hydrogens is 291 g/mol. The highest BCUT2D eigenvalue weighted by atomic mass is 19.1. The number of hydrogen-bond donors (Lipinski definition) is 1. The van der Waals surface area contributed by atoms with Crippen LogP contribution in [0.2, 0.25) is 0 Å². The zero-order valence-corrected chi connectivity index (χ0v) is 13.1. The van der Waals surface area contributed by atoms with Crippen LogP contribution in [-0.4, -0.2) is 13.3 Å². The molecule has 0 aliphatic rings. The van der Waals surface area contributed by atoms with Crippen LogP contribution in [0.4, 0.5) is 10.1 Å². The van der Waals surface area contributed by atoms with Crippen molar-refractivity contribution in [1.29, 1.82) is 5.26 Å². The van der Waals surface area contributed by atoms with Crippen LogP contribution in [0.5, 0.6) is 5.75 Å². The van der Waals surface area contributed by atoms with Gasteiger partial charge in [0, 0.05) is 18.3 Å². The molecule has 0 aromatic heterocycles. The van der Waals surface area contributed by atoms with E-state index in [0.29, 0.717) is 24.4 Å². The first-order chi connectivity index (χ1) is 11.2. The lowest BCUT2D eigenvalue weighted by Crippen LogP contribution is -1.98. The molecule has 0 saturated carbocycles. The fourth-order valence-electron chi connectivity index (χ4n) is 1.96. The van der Waals surface area contributed by atoms with Crippen molar-refractivity contribution >= 4 is 11.3 Å². The first kappa shape index (κ1) is 16.6. The van der Waals surface area contributed by atoms with Gasteiger partial charge in [-0.2, -0.15) is 5.26 Å². The molecule has 1 N–H and O–H groups in total. The molecule has 118 valence electrons. The van der Waals surface area contributed by atoms with Crippen molar-refractivity contribution in [2.24, 2.45) is 0 Å². The van der Waals surface area contributed by atoms with E-state index in [2.05, 4.69) is 11.4 Å². The maximum atomic E-state index is 12.0.